The molecule has 0 fully saturated rings. The summed E-state index contributed by atoms with van der Waals surface area (Å²) in [5.41, 5.74) is -0.398. The molecule has 0 N–H and O–H groups in total. The van der Waals surface area contributed by atoms with Crippen LogP contribution in [0, 0.1) is 0 Å². The van der Waals surface area contributed by atoms with E-state index >= 15 is 0 Å². The van der Waals surface area contributed by atoms with E-state index in [4.69, 9.17) is 4.74 Å². The van der Waals surface area contributed by atoms with Crippen molar-refractivity contribution < 1.29 is 26.9 Å². The SMILES string of the molecule is C=CC(=O)OC(C)(C)C.[Cr]. The summed E-state index contributed by atoms with van der Waals surface area (Å²) in [6, 6.07) is 0. The molecule has 3 heteroatoms. The summed E-state index contributed by atoms with van der Waals surface area (Å²) in [5, 5.41) is 0. The van der Waals surface area contributed by atoms with E-state index in [1.165, 1.54) is 0 Å². The Balaban J connectivity index is 0. The second-order valence-electron chi connectivity index (χ2n) is 2.74. The Kier molecular flexibility index (Phi) is 5.64. The van der Waals surface area contributed by atoms with Gasteiger partial charge < -0.3 is 4.74 Å². The first-order valence-corrected chi connectivity index (χ1v) is 2.81. The van der Waals surface area contributed by atoms with Gasteiger partial charge in [-0.2, -0.15) is 0 Å². The van der Waals surface area contributed by atoms with Gasteiger partial charge in [-0.3, -0.25) is 0 Å². The van der Waals surface area contributed by atoms with Crippen molar-refractivity contribution in [2.24, 2.45) is 0 Å². The molecule has 0 spiro atoms. The van der Waals surface area contributed by atoms with Crippen LogP contribution in [0.2, 0.25) is 0 Å². The number of carbonyl (C=O) groups is 1. The molecular weight excluding hydrogens is 168 g/mol. The van der Waals surface area contributed by atoms with Crippen LogP contribution in [0.3, 0.4) is 0 Å². The van der Waals surface area contributed by atoms with Crippen molar-refractivity contribution in [2.45, 2.75) is 26.4 Å². The molecule has 2 nitrogen and oxygen atoms in total. The Bertz CT molecular complexity index is 124. The summed E-state index contributed by atoms with van der Waals surface area (Å²) in [5.74, 6) is -0.373. The van der Waals surface area contributed by atoms with Crippen LogP contribution in [-0.4, -0.2) is 11.6 Å². The summed E-state index contributed by atoms with van der Waals surface area (Å²) in [6.07, 6.45) is 1.16. The van der Waals surface area contributed by atoms with Gasteiger partial charge in [-0.25, -0.2) is 4.79 Å². The van der Waals surface area contributed by atoms with Crippen molar-refractivity contribution >= 4 is 5.97 Å². The van der Waals surface area contributed by atoms with Gasteiger partial charge in [0.05, 0.1) is 0 Å². The Morgan fingerprint density at radius 1 is 1.50 bits per heavy atom. The fourth-order valence-electron chi connectivity index (χ4n) is 0.343. The molecule has 0 aliphatic carbocycles. The molecule has 0 aromatic rings. The van der Waals surface area contributed by atoms with Crippen LogP contribution >= 0.6 is 0 Å². The van der Waals surface area contributed by atoms with Crippen LogP contribution in [0.1, 0.15) is 20.8 Å². The number of rotatable bonds is 1. The second-order valence-corrected chi connectivity index (χ2v) is 2.74. The quantitative estimate of drug-likeness (QED) is 0.451. The zero-order valence-electron chi connectivity index (χ0n) is 6.51. The van der Waals surface area contributed by atoms with E-state index in [0.29, 0.717) is 0 Å². The van der Waals surface area contributed by atoms with Crippen molar-refractivity contribution in [3.63, 3.8) is 0 Å². The predicted molar refractivity (Wildman–Crippen MR) is 36.0 cm³/mol. The fourth-order valence-corrected chi connectivity index (χ4v) is 0.343. The van der Waals surface area contributed by atoms with Gasteiger partial charge in [-0.1, -0.05) is 6.58 Å². The molecule has 10 heavy (non-hydrogen) atoms. The molecule has 0 aromatic heterocycles. The van der Waals surface area contributed by atoms with Crippen LogP contribution in [0.4, 0.5) is 0 Å². The van der Waals surface area contributed by atoms with Gasteiger partial charge in [-0.05, 0) is 20.8 Å². The number of ether oxygens (including phenoxy) is 1. The van der Waals surface area contributed by atoms with Crippen molar-refractivity contribution in [1.82, 2.24) is 0 Å². The second kappa shape index (κ2) is 4.54. The molecule has 0 radical (unpaired) electrons. The number of hydrogen-bond acceptors (Lipinski definition) is 2. The van der Waals surface area contributed by atoms with E-state index in [1.54, 1.807) is 0 Å². The molecule has 0 aliphatic rings. The third kappa shape index (κ3) is 7.74. The first kappa shape index (κ1) is 12.4. The summed E-state index contributed by atoms with van der Waals surface area (Å²) in [6.45, 7) is 8.71. The van der Waals surface area contributed by atoms with Gasteiger partial charge in [0.15, 0.2) is 0 Å². The summed E-state index contributed by atoms with van der Waals surface area (Å²) < 4.78 is 4.83. The van der Waals surface area contributed by atoms with Gasteiger partial charge >= 0.3 is 5.97 Å². The third-order valence-corrected chi connectivity index (χ3v) is 0.573. The van der Waals surface area contributed by atoms with E-state index in [2.05, 4.69) is 6.58 Å². The molecule has 0 bridgehead atoms. The molecule has 0 rings (SSSR count). The summed E-state index contributed by atoms with van der Waals surface area (Å²) in [4.78, 5) is 10.5. The standard InChI is InChI=1S/C7H12O2.Cr/c1-5-6(8)9-7(2,3)4;/h5H,1H2,2-4H3;. The first-order chi connectivity index (χ1) is 3.95. The molecule has 0 aromatic carbocycles. The van der Waals surface area contributed by atoms with Gasteiger partial charge in [0, 0.05) is 23.4 Å². The van der Waals surface area contributed by atoms with Crippen LogP contribution < -0.4 is 0 Å². The number of carbonyl (C=O) groups excluding carboxylic acids is 1. The number of esters is 1. The minimum atomic E-state index is -0.398. The van der Waals surface area contributed by atoms with Crippen LogP contribution in [0.5, 0.6) is 0 Å². The van der Waals surface area contributed by atoms with E-state index in [0.717, 1.165) is 6.08 Å². The van der Waals surface area contributed by atoms with E-state index in [9.17, 15) is 4.79 Å². The molecular formula is C7H12CrO2. The van der Waals surface area contributed by atoms with Gasteiger partial charge in [0.25, 0.3) is 0 Å². The Morgan fingerprint density at radius 2 is 1.90 bits per heavy atom. The Labute approximate surface area is 72.4 Å². The molecule has 0 aliphatic heterocycles. The monoisotopic (exact) mass is 180 g/mol. The van der Waals surface area contributed by atoms with E-state index < -0.39 is 5.60 Å². The fraction of sp³-hybridized carbons (Fsp3) is 0.571. The molecule has 0 heterocycles. The molecule has 0 unspecified atom stereocenters. The molecule has 0 saturated heterocycles. The maximum Gasteiger partial charge on any atom is 0.330 e. The Hall–Kier alpha value is -0.258. The van der Waals surface area contributed by atoms with Crippen molar-refractivity contribution in [3.05, 3.63) is 12.7 Å². The molecule has 0 atom stereocenters. The van der Waals surface area contributed by atoms with Crippen LogP contribution in [-0.2, 0) is 26.9 Å². The minimum Gasteiger partial charge on any atom is -0.457 e. The molecule has 0 amide bonds. The smallest absolute Gasteiger partial charge is 0.330 e. The average Bonchev–Trinajstić information content (AvgIpc) is 1.62. The zero-order valence-corrected chi connectivity index (χ0v) is 7.78. The summed E-state index contributed by atoms with van der Waals surface area (Å²) in [7, 11) is 0. The molecule has 58 valence electrons. The largest absolute Gasteiger partial charge is 0.457 e. The van der Waals surface area contributed by atoms with Crippen molar-refractivity contribution in [3.8, 4) is 0 Å². The van der Waals surface area contributed by atoms with Crippen molar-refractivity contribution in [1.29, 1.82) is 0 Å². The number of hydrogen-bond donors (Lipinski definition) is 0. The molecule has 0 saturated carbocycles. The normalized spacial score (nSPS) is 9.50. The maximum atomic E-state index is 10.5. The summed E-state index contributed by atoms with van der Waals surface area (Å²) >= 11 is 0. The third-order valence-electron chi connectivity index (χ3n) is 0.573. The topological polar surface area (TPSA) is 26.3 Å². The van der Waals surface area contributed by atoms with Gasteiger partial charge in [0.2, 0.25) is 0 Å². The van der Waals surface area contributed by atoms with E-state index in [-0.39, 0.29) is 23.3 Å². The average molecular weight is 180 g/mol. The predicted octanol–water partition coefficient (Wildman–Crippen LogP) is 1.51. The zero-order chi connectivity index (χ0) is 7.49. The van der Waals surface area contributed by atoms with Gasteiger partial charge in [0.1, 0.15) is 5.60 Å². The van der Waals surface area contributed by atoms with Crippen LogP contribution in [0.25, 0.3) is 0 Å². The van der Waals surface area contributed by atoms with Crippen LogP contribution in [0.15, 0.2) is 12.7 Å². The van der Waals surface area contributed by atoms with Gasteiger partial charge in [-0.15, -0.1) is 0 Å². The minimum absolute atomic E-state index is 0. The first-order valence-electron chi connectivity index (χ1n) is 2.81. The Morgan fingerprint density at radius 3 is 2.00 bits per heavy atom. The maximum absolute atomic E-state index is 10.5. The van der Waals surface area contributed by atoms with E-state index in [1.807, 2.05) is 20.8 Å². The van der Waals surface area contributed by atoms with Crippen molar-refractivity contribution in [2.75, 3.05) is 0 Å².